The Morgan fingerprint density at radius 2 is 1.88 bits per heavy atom. The molecule has 1 aromatic heterocycles. The van der Waals surface area contributed by atoms with Gasteiger partial charge in [-0.2, -0.15) is 0 Å². The molecule has 25 heavy (non-hydrogen) atoms. The molecule has 0 atom stereocenters. The van der Waals surface area contributed by atoms with Crippen LogP contribution < -0.4 is 5.32 Å². The van der Waals surface area contributed by atoms with Crippen molar-refractivity contribution in [3.63, 3.8) is 0 Å². The monoisotopic (exact) mass is 378 g/mol. The number of nitrogens with zero attached hydrogens (tertiary/aromatic N) is 3. The molecule has 1 heterocycles. The molecule has 1 amide bonds. The first-order valence-electron chi connectivity index (χ1n) is 8.43. The number of carbonyl (C=O) groups is 1. The number of benzene rings is 1. The second-order valence-electron chi connectivity index (χ2n) is 6.20. The van der Waals surface area contributed by atoms with Crippen molar-refractivity contribution in [2.24, 2.45) is 5.92 Å². The van der Waals surface area contributed by atoms with Crippen molar-refractivity contribution in [1.29, 1.82) is 0 Å². The zero-order valence-electron chi connectivity index (χ0n) is 15.3. The molecule has 2 rings (SSSR count). The SMILES string of the molecule is CSc1ccc(C(=O)NCCCc2nnc(SC)n2CC(C)C)cc1. The second kappa shape index (κ2) is 9.87. The Morgan fingerprint density at radius 3 is 2.48 bits per heavy atom. The van der Waals surface area contributed by atoms with Gasteiger partial charge in [-0.05, 0) is 49.1 Å². The van der Waals surface area contributed by atoms with Crippen LogP contribution in [0.15, 0.2) is 34.3 Å². The van der Waals surface area contributed by atoms with Crippen molar-refractivity contribution >= 4 is 29.4 Å². The third-order valence-corrected chi connectivity index (χ3v) is 5.15. The minimum absolute atomic E-state index is 0.0268. The van der Waals surface area contributed by atoms with Crippen LogP contribution in [0.25, 0.3) is 0 Å². The van der Waals surface area contributed by atoms with Gasteiger partial charge in [-0.3, -0.25) is 4.79 Å². The van der Waals surface area contributed by atoms with Crippen molar-refractivity contribution < 1.29 is 4.79 Å². The van der Waals surface area contributed by atoms with Gasteiger partial charge >= 0.3 is 0 Å². The number of nitrogens with one attached hydrogen (secondary N) is 1. The molecule has 0 aliphatic rings. The molecule has 0 saturated carbocycles. The number of aromatic nitrogens is 3. The summed E-state index contributed by atoms with van der Waals surface area (Å²) in [6.45, 7) is 5.94. The van der Waals surface area contributed by atoms with E-state index in [1.807, 2.05) is 36.8 Å². The fourth-order valence-corrected chi connectivity index (χ4v) is 3.43. The zero-order valence-corrected chi connectivity index (χ0v) is 16.9. The number of rotatable bonds is 9. The van der Waals surface area contributed by atoms with Gasteiger partial charge in [-0.15, -0.1) is 22.0 Å². The van der Waals surface area contributed by atoms with Crippen molar-refractivity contribution in [2.45, 2.75) is 43.3 Å². The van der Waals surface area contributed by atoms with Gasteiger partial charge in [-0.25, -0.2) is 0 Å². The van der Waals surface area contributed by atoms with Crippen LogP contribution in [0, 0.1) is 5.92 Å². The smallest absolute Gasteiger partial charge is 0.251 e. The summed E-state index contributed by atoms with van der Waals surface area (Å²) in [7, 11) is 0. The Balaban J connectivity index is 1.84. The number of carbonyl (C=O) groups excluding carboxylic acids is 1. The van der Waals surface area contributed by atoms with Crippen molar-refractivity contribution in [3.8, 4) is 0 Å². The molecule has 0 unspecified atom stereocenters. The summed E-state index contributed by atoms with van der Waals surface area (Å²) in [5.41, 5.74) is 0.699. The topological polar surface area (TPSA) is 59.8 Å². The van der Waals surface area contributed by atoms with E-state index in [1.54, 1.807) is 23.5 Å². The average Bonchev–Trinajstić information content (AvgIpc) is 2.99. The molecule has 0 saturated heterocycles. The number of aryl methyl sites for hydroxylation is 1. The number of hydrogen-bond donors (Lipinski definition) is 1. The zero-order chi connectivity index (χ0) is 18.2. The fraction of sp³-hybridized carbons (Fsp3) is 0.500. The summed E-state index contributed by atoms with van der Waals surface area (Å²) in [6.07, 6.45) is 5.70. The first kappa shape index (κ1) is 19.8. The minimum Gasteiger partial charge on any atom is -0.352 e. The molecule has 0 bridgehead atoms. The highest BCUT2D eigenvalue weighted by Crippen LogP contribution is 2.17. The van der Waals surface area contributed by atoms with Crippen LogP contribution in [0.2, 0.25) is 0 Å². The number of hydrogen-bond acceptors (Lipinski definition) is 5. The van der Waals surface area contributed by atoms with Gasteiger partial charge < -0.3 is 9.88 Å². The Bertz CT molecular complexity index is 683. The Morgan fingerprint density at radius 1 is 1.16 bits per heavy atom. The van der Waals surface area contributed by atoms with E-state index >= 15 is 0 Å². The fourth-order valence-electron chi connectivity index (χ4n) is 2.50. The minimum atomic E-state index is -0.0268. The first-order valence-corrected chi connectivity index (χ1v) is 10.9. The molecule has 0 aliphatic carbocycles. The highest BCUT2D eigenvalue weighted by atomic mass is 32.2. The van der Waals surface area contributed by atoms with E-state index < -0.39 is 0 Å². The van der Waals surface area contributed by atoms with Crippen LogP contribution in [-0.2, 0) is 13.0 Å². The van der Waals surface area contributed by atoms with Gasteiger partial charge in [0, 0.05) is 30.0 Å². The van der Waals surface area contributed by atoms with E-state index in [0.717, 1.165) is 35.3 Å². The molecule has 1 N–H and O–H groups in total. The third kappa shape index (κ3) is 5.78. The first-order chi connectivity index (χ1) is 12.0. The molecule has 0 radical (unpaired) electrons. The van der Waals surface area contributed by atoms with Crippen LogP contribution >= 0.6 is 23.5 Å². The lowest BCUT2D eigenvalue weighted by molar-refractivity contribution is 0.0953. The maximum Gasteiger partial charge on any atom is 0.251 e. The summed E-state index contributed by atoms with van der Waals surface area (Å²) in [5, 5.41) is 12.5. The largest absolute Gasteiger partial charge is 0.352 e. The molecular weight excluding hydrogens is 352 g/mol. The average molecular weight is 379 g/mol. The molecule has 136 valence electrons. The Hall–Kier alpha value is -1.47. The Labute approximate surface area is 158 Å². The second-order valence-corrected chi connectivity index (χ2v) is 7.85. The van der Waals surface area contributed by atoms with Gasteiger partial charge in [0.15, 0.2) is 5.16 Å². The maximum absolute atomic E-state index is 12.2. The van der Waals surface area contributed by atoms with Gasteiger partial charge in [0.05, 0.1) is 0 Å². The maximum atomic E-state index is 12.2. The highest BCUT2D eigenvalue weighted by Gasteiger charge is 2.12. The van der Waals surface area contributed by atoms with E-state index in [2.05, 4.69) is 33.9 Å². The molecule has 0 fully saturated rings. The van der Waals surface area contributed by atoms with Gasteiger partial charge in [0.1, 0.15) is 5.82 Å². The van der Waals surface area contributed by atoms with E-state index in [-0.39, 0.29) is 5.91 Å². The summed E-state index contributed by atoms with van der Waals surface area (Å²) < 4.78 is 2.19. The summed E-state index contributed by atoms with van der Waals surface area (Å²) >= 11 is 3.29. The standard InChI is InChI=1S/C18H26N4OS2/c1-13(2)12-22-16(20-21-18(22)25-4)6-5-11-19-17(23)14-7-9-15(24-3)10-8-14/h7-10,13H,5-6,11-12H2,1-4H3,(H,19,23). The molecule has 2 aromatic rings. The van der Waals surface area contributed by atoms with Crippen molar-refractivity contribution in [3.05, 3.63) is 35.7 Å². The van der Waals surface area contributed by atoms with Crippen LogP contribution in [-0.4, -0.2) is 39.7 Å². The van der Waals surface area contributed by atoms with Crippen molar-refractivity contribution in [1.82, 2.24) is 20.1 Å². The van der Waals surface area contributed by atoms with Crippen LogP contribution in [0.1, 0.15) is 36.5 Å². The molecule has 0 aliphatic heterocycles. The number of thioether (sulfide) groups is 2. The normalized spacial score (nSPS) is 11.1. The van der Waals surface area contributed by atoms with Crippen LogP contribution in [0.5, 0.6) is 0 Å². The third-order valence-electron chi connectivity index (χ3n) is 3.74. The van der Waals surface area contributed by atoms with E-state index in [9.17, 15) is 4.79 Å². The molecule has 1 aromatic carbocycles. The van der Waals surface area contributed by atoms with E-state index in [0.29, 0.717) is 18.0 Å². The van der Waals surface area contributed by atoms with Crippen molar-refractivity contribution in [2.75, 3.05) is 19.1 Å². The lowest BCUT2D eigenvalue weighted by atomic mass is 10.2. The van der Waals surface area contributed by atoms with E-state index in [1.165, 1.54) is 0 Å². The Kier molecular flexibility index (Phi) is 7.84. The van der Waals surface area contributed by atoms with Crippen LogP contribution in [0.4, 0.5) is 0 Å². The summed E-state index contributed by atoms with van der Waals surface area (Å²) in [6, 6.07) is 7.67. The summed E-state index contributed by atoms with van der Waals surface area (Å²) in [4.78, 5) is 13.3. The molecule has 0 spiro atoms. The van der Waals surface area contributed by atoms with Gasteiger partial charge in [0.2, 0.25) is 0 Å². The van der Waals surface area contributed by atoms with E-state index in [4.69, 9.17) is 0 Å². The predicted molar refractivity (Wildman–Crippen MR) is 106 cm³/mol. The van der Waals surface area contributed by atoms with Gasteiger partial charge in [-0.1, -0.05) is 25.6 Å². The lowest BCUT2D eigenvalue weighted by Crippen LogP contribution is -2.25. The highest BCUT2D eigenvalue weighted by molar-refractivity contribution is 7.98. The van der Waals surface area contributed by atoms with Gasteiger partial charge in [0.25, 0.3) is 5.91 Å². The summed E-state index contributed by atoms with van der Waals surface area (Å²) in [5.74, 6) is 1.52. The number of amides is 1. The molecular formula is C18H26N4OS2. The quantitative estimate of drug-likeness (QED) is 0.532. The lowest BCUT2D eigenvalue weighted by Gasteiger charge is -2.11. The molecule has 5 nitrogen and oxygen atoms in total. The predicted octanol–water partition coefficient (Wildman–Crippen LogP) is 3.74. The van der Waals surface area contributed by atoms with Crippen LogP contribution in [0.3, 0.4) is 0 Å². The molecule has 7 heteroatoms.